The fraction of sp³-hybridized carbons (Fsp3) is 0.500. The molecule has 0 amide bonds. The Morgan fingerprint density at radius 2 is 1.88 bits per heavy atom. The number of allylic oxidation sites excluding steroid dienone is 1. The molecule has 0 radical (unpaired) electrons. The van der Waals surface area contributed by atoms with Crippen LogP contribution in [0.5, 0.6) is 0 Å². The fourth-order valence-electron chi connectivity index (χ4n) is 1.35. The Balaban J connectivity index is 4.97. The zero-order valence-electron chi connectivity index (χ0n) is 11.1. The zero-order chi connectivity index (χ0) is 13.5. The summed E-state index contributed by atoms with van der Waals surface area (Å²) >= 11 is 0. The van der Waals surface area contributed by atoms with Crippen molar-refractivity contribution in [2.75, 3.05) is 6.61 Å². The summed E-state index contributed by atoms with van der Waals surface area (Å²) in [5, 5.41) is 0. The summed E-state index contributed by atoms with van der Waals surface area (Å²) in [5.41, 5.74) is 6.94. The van der Waals surface area contributed by atoms with Gasteiger partial charge >= 0.3 is 5.97 Å². The average molecular weight is 237 g/mol. The first-order valence-corrected chi connectivity index (χ1v) is 5.68. The van der Waals surface area contributed by atoms with E-state index in [0.717, 1.165) is 0 Å². The van der Waals surface area contributed by atoms with Gasteiger partial charge < -0.3 is 10.5 Å². The standard InChI is InChI=1S/C14H23NO2/c1-6-8-12(15)11(10-14(3,4)5)13(16)17-9-7-2/h6-7H,1-2,8-10,15H2,3-5H3. The van der Waals surface area contributed by atoms with Crippen molar-refractivity contribution in [1.29, 1.82) is 0 Å². The van der Waals surface area contributed by atoms with Gasteiger partial charge in [0.2, 0.25) is 0 Å². The van der Waals surface area contributed by atoms with E-state index in [0.29, 0.717) is 24.1 Å². The van der Waals surface area contributed by atoms with Gasteiger partial charge in [0.25, 0.3) is 0 Å². The van der Waals surface area contributed by atoms with Crippen molar-refractivity contribution in [1.82, 2.24) is 0 Å². The van der Waals surface area contributed by atoms with E-state index in [1.165, 1.54) is 6.08 Å². The van der Waals surface area contributed by atoms with Crippen LogP contribution in [0.3, 0.4) is 0 Å². The van der Waals surface area contributed by atoms with E-state index in [1.807, 2.05) is 0 Å². The quantitative estimate of drug-likeness (QED) is 0.439. The van der Waals surface area contributed by atoms with Crippen LogP contribution < -0.4 is 5.73 Å². The van der Waals surface area contributed by atoms with E-state index in [1.54, 1.807) is 6.08 Å². The Hall–Kier alpha value is -1.51. The third kappa shape index (κ3) is 6.61. The number of nitrogens with two attached hydrogens (primary N) is 1. The second-order valence-electron chi connectivity index (χ2n) is 5.12. The fourth-order valence-corrected chi connectivity index (χ4v) is 1.35. The monoisotopic (exact) mass is 237 g/mol. The molecule has 0 aromatic carbocycles. The van der Waals surface area contributed by atoms with Crippen molar-refractivity contribution < 1.29 is 9.53 Å². The molecule has 0 atom stereocenters. The van der Waals surface area contributed by atoms with Crippen LogP contribution in [0.2, 0.25) is 0 Å². The summed E-state index contributed by atoms with van der Waals surface area (Å²) in [6.07, 6.45) is 4.30. The van der Waals surface area contributed by atoms with E-state index >= 15 is 0 Å². The Bertz CT molecular complexity index is 322. The molecule has 3 heteroatoms. The lowest BCUT2D eigenvalue weighted by Crippen LogP contribution is -2.19. The molecule has 0 saturated heterocycles. The van der Waals surface area contributed by atoms with Gasteiger partial charge in [0.1, 0.15) is 6.61 Å². The van der Waals surface area contributed by atoms with E-state index in [4.69, 9.17) is 10.5 Å². The molecule has 96 valence electrons. The van der Waals surface area contributed by atoms with Gasteiger partial charge in [-0.3, -0.25) is 0 Å². The van der Waals surface area contributed by atoms with Crippen LogP contribution >= 0.6 is 0 Å². The predicted octanol–water partition coefficient (Wildman–Crippen LogP) is 2.94. The number of ether oxygens (including phenoxy) is 1. The van der Waals surface area contributed by atoms with Crippen LogP contribution in [0.1, 0.15) is 33.6 Å². The summed E-state index contributed by atoms with van der Waals surface area (Å²) in [7, 11) is 0. The van der Waals surface area contributed by atoms with Gasteiger partial charge in [-0.05, 0) is 11.8 Å². The normalized spacial score (nSPS) is 12.6. The summed E-state index contributed by atoms with van der Waals surface area (Å²) in [4.78, 5) is 11.9. The first-order valence-electron chi connectivity index (χ1n) is 5.68. The van der Waals surface area contributed by atoms with Gasteiger partial charge in [-0.25, -0.2) is 4.79 Å². The van der Waals surface area contributed by atoms with Crippen molar-refractivity contribution in [2.24, 2.45) is 11.1 Å². The minimum absolute atomic E-state index is 0.0195. The highest BCUT2D eigenvalue weighted by Crippen LogP contribution is 2.26. The molecule has 3 nitrogen and oxygen atoms in total. The van der Waals surface area contributed by atoms with Gasteiger partial charge in [-0.1, -0.05) is 39.5 Å². The molecule has 0 unspecified atom stereocenters. The Morgan fingerprint density at radius 3 is 2.29 bits per heavy atom. The summed E-state index contributed by atoms with van der Waals surface area (Å²) in [6.45, 7) is 13.5. The lowest BCUT2D eigenvalue weighted by Gasteiger charge is -2.21. The molecule has 0 aliphatic carbocycles. The molecule has 0 saturated carbocycles. The van der Waals surface area contributed by atoms with E-state index < -0.39 is 0 Å². The van der Waals surface area contributed by atoms with Gasteiger partial charge in [-0.2, -0.15) is 0 Å². The molecule has 0 heterocycles. The SMILES string of the molecule is C=CCOC(=O)C(CC(C)(C)C)=C(N)CC=C. The summed E-state index contributed by atoms with van der Waals surface area (Å²) in [5.74, 6) is -0.362. The molecular weight excluding hydrogens is 214 g/mol. The summed E-state index contributed by atoms with van der Waals surface area (Å²) < 4.78 is 5.04. The highest BCUT2D eigenvalue weighted by atomic mass is 16.5. The van der Waals surface area contributed by atoms with Crippen LogP contribution in [0.25, 0.3) is 0 Å². The molecule has 0 bridgehead atoms. The number of carbonyl (C=O) groups is 1. The third-order valence-corrected chi connectivity index (χ3v) is 2.04. The molecule has 0 aliphatic heterocycles. The molecule has 0 fully saturated rings. The molecular formula is C14H23NO2. The smallest absolute Gasteiger partial charge is 0.336 e. The first-order chi connectivity index (χ1) is 7.81. The highest BCUT2D eigenvalue weighted by Gasteiger charge is 2.21. The van der Waals surface area contributed by atoms with Gasteiger partial charge in [-0.15, -0.1) is 6.58 Å². The maximum Gasteiger partial charge on any atom is 0.336 e. The third-order valence-electron chi connectivity index (χ3n) is 2.04. The van der Waals surface area contributed by atoms with E-state index in [9.17, 15) is 4.79 Å². The number of esters is 1. The maximum atomic E-state index is 11.9. The van der Waals surface area contributed by atoms with E-state index in [-0.39, 0.29) is 18.0 Å². The van der Waals surface area contributed by atoms with Crippen molar-refractivity contribution in [2.45, 2.75) is 33.6 Å². The zero-order valence-corrected chi connectivity index (χ0v) is 11.1. The number of carbonyl (C=O) groups excluding carboxylic acids is 1. The molecule has 0 aliphatic rings. The molecule has 17 heavy (non-hydrogen) atoms. The van der Waals surface area contributed by atoms with Gasteiger partial charge in [0.05, 0.1) is 5.57 Å². The number of rotatable bonds is 6. The molecule has 0 aromatic heterocycles. The van der Waals surface area contributed by atoms with Crippen molar-refractivity contribution in [3.05, 3.63) is 36.6 Å². The van der Waals surface area contributed by atoms with Gasteiger partial charge in [0.15, 0.2) is 0 Å². The predicted molar refractivity (Wildman–Crippen MR) is 71.3 cm³/mol. The van der Waals surface area contributed by atoms with Crippen LogP contribution in [-0.2, 0) is 9.53 Å². The second-order valence-corrected chi connectivity index (χ2v) is 5.12. The first kappa shape index (κ1) is 15.5. The molecule has 0 rings (SSSR count). The summed E-state index contributed by atoms with van der Waals surface area (Å²) in [6, 6.07) is 0. The average Bonchev–Trinajstić information content (AvgIpc) is 2.21. The second kappa shape index (κ2) is 6.94. The maximum absolute atomic E-state index is 11.9. The van der Waals surface area contributed by atoms with Crippen LogP contribution in [0.4, 0.5) is 0 Å². The van der Waals surface area contributed by atoms with Crippen molar-refractivity contribution in [3.8, 4) is 0 Å². The lowest BCUT2D eigenvalue weighted by molar-refractivity contribution is -0.138. The Morgan fingerprint density at radius 1 is 1.29 bits per heavy atom. The minimum atomic E-state index is -0.362. The lowest BCUT2D eigenvalue weighted by atomic mass is 9.87. The number of hydrogen-bond acceptors (Lipinski definition) is 3. The topological polar surface area (TPSA) is 52.3 Å². The van der Waals surface area contributed by atoms with Crippen molar-refractivity contribution in [3.63, 3.8) is 0 Å². The Labute approximate surface area is 104 Å². The molecule has 0 spiro atoms. The van der Waals surface area contributed by atoms with Crippen LogP contribution in [0.15, 0.2) is 36.6 Å². The minimum Gasteiger partial charge on any atom is -0.458 e. The molecule has 0 aromatic rings. The van der Waals surface area contributed by atoms with Crippen LogP contribution in [-0.4, -0.2) is 12.6 Å². The van der Waals surface area contributed by atoms with Crippen molar-refractivity contribution >= 4 is 5.97 Å². The Kier molecular flexibility index (Phi) is 6.33. The molecule has 2 N–H and O–H groups in total. The highest BCUT2D eigenvalue weighted by molar-refractivity contribution is 5.89. The van der Waals surface area contributed by atoms with Gasteiger partial charge in [0, 0.05) is 12.1 Å². The largest absolute Gasteiger partial charge is 0.458 e. The van der Waals surface area contributed by atoms with E-state index in [2.05, 4.69) is 33.9 Å². The van der Waals surface area contributed by atoms with Crippen LogP contribution in [0, 0.1) is 5.41 Å². The number of hydrogen-bond donors (Lipinski definition) is 1.